The molecular weight excluding hydrogens is 232 g/mol. The molecule has 4 nitrogen and oxygen atoms in total. The second kappa shape index (κ2) is 4.23. The van der Waals surface area contributed by atoms with Gasteiger partial charge in [0, 0.05) is 10.9 Å². The quantitative estimate of drug-likeness (QED) is 0.478. The van der Waals surface area contributed by atoms with Gasteiger partial charge in [-0.2, -0.15) is 8.42 Å². The zero-order valence-corrected chi connectivity index (χ0v) is 10.7. The number of hydrogen-bond donors (Lipinski definition) is 2. The number of aromatic nitrogens is 1. The first-order chi connectivity index (χ1) is 6.47. The Hall–Kier alpha value is -0.400. The maximum Gasteiger partial charge on any atom is 1.00 e. The van der Waals surface area contributed by atoms with Crippen LogP contribution in [0.5, 0.6) is 0 Å². The Morgan fingerprint density at radius 2 is 2.00 bits per heavy atom. The van der Waals surface area contributed by atoms with Crippen LogP contribution < -0.4 is 29.6 Å². The van der Waals surface area contributed by atoms with Crippen molar-refractivity contribution >= 4 is 21.0 Å². The number of rotatable bonds is 1. The molecule has 7 heteroatoms. The van der Waals surface area contributed by atoms with Crippen LogP contribution in [-0.2, 0) is 10.1 Å². The van der Waals surface area contributed by atoms with E-state index in [0.29, 0.717) is 10.9 Å². The van der Waals surface area contributed by atoms with E-state index in [1.165, 1.54) is 18.2 Å². The first kappa shape index (κ1) is 12.7. The maximum absolute atomic E-state index is 12.7. The molecule has 1 aromatic heterocycles. The van der Waals surface area contributed by atoms with E-state index in [-0.39, 0.29) is 36.0 Å². The van der Waals surface area contributed by atoms with Gasteiger partial charge >= 0.3 is 39.7 Å². The van der Waals surface area contributed by atoms with Gasteiger partial charge in [-0.25, -0.2) is 4.39 Å². The zero-order chi connectivity index (χ0) is 10.3. The second-order valence-electron chi connectivity index (χ2n) is 2.84. The molecular formula is C8H7FNNaO3S. The number of nitrogens with one attached hydrogen (secondary N) is 1. The monoisotopic (exact) mass is 239 g/mol. The van der Waals surface area contributed by atoms with Crippen molar-refractivity contribution < 1.29 is 48.3 Å². The minimum atomic E-state index is -4.26. The summed E-state index contributed by atoms with van der Waals surface area (Å²) in [5.74, 6) is -0.471. The predicted octanol–water partition coefficient (Wildman–Crippen LogP) is -1.33. The summed E-state index contributed by atoms with van der Waals surface area (Å²) in [5.41, 5.74) is 0.331. The molecule has 0 radical (unpaired) electrons. The van der Waals surface area contributed by atoms with Gasteiger partial charge in [0.05, 0.1) is 0 Å². The van der Waals surface area contributed by atoms with Crippen molar-refractivity contribution in [2.45, 2.75) is 5.03 Å². The topological polar surface area (TPSA) is 70.2 Å². The largest absolute Gasteiger partial charge is 1.00 e. The van der Waals surface area contributed by atoms with Gasteiger partial charge in [-0.3, -0.25) is 4.55 Å². The van der Waals surface area contributed by atoms with E-state index in [9.17, 15) is 12.8 Å². The average molecular weight is 239 g/mol. The molecule has 2 aromatic rings. The van der Waals surface area contributed by atoms with E-state index < -0.39 is 15.9 Å². The molecule has 0 aliphatic carbocycles. The van der Waals surface area contributed by atoms with Crippen LogP contribution in [0.4, 0.5) is 4.39 Å². The van der Waals surface area contributed by atoms with Gasteiger partial charge in [0.1, 0.15) is 5.82 Å². The van der Waals surface area contributed by atoms with Crippen molar-refractivity contribution in [3.63, 3.8) is 0 Å². The van der Waals surface area contributed by atoms with E-state index in [1.54, 1.807) is 0 Å². The van der Waals surface area contributed by atoms with E-state index in [2.05, 4.69) is 4.98 Å². The Bertz CT molecular complexity index is 598. The normalized spacial score (nSPS) is 11.3. The Morgan fingerprint density at radius 1 is 1.33 bits per heavy atom. The molecule has 15 heavy (non-hydrogen) atoms. The summed E-state index contributed by atoms with van der Waals surface area (Å²) in [6.45, 7) is 0. The van der Waals surface area contributed by atoms with Crippen LogP contribution in [0.1, 0.15) is 1.43 Å². The second-order valence-corrected chi connectivity index (χ2v) is 4.23. The standard InChI is InChI=1S/C8H6FNO3S.Na.H/c9-6-2-1-5-3-8(14(11,12)13)10-7(5)4-6;;/h1-4,10H,(H,11,12,13);;/q;+1;-1. The van der Waals surface area contributed by atoms with Crippen LogP contribution in [0, 0.1) is 5.82 Å². The van der Waals surface area contributed by atoms with Crippen molar-refractivity contribution in [3.05, 3.63) is 30.1 Å². The fourth-order valence-electron chi connectivity index (χ4n) is 1.21. The van der Waals surface area contributed by atoms with Crippen molar-refractivity contribution in [3.8, 4) is 0 Å². The molecule has 2 N–H and O–H groups in total. The Labute approximate surface area is 109 Å². The van der Waals surface area contributed by atoms with Gasteiger partial charge in [-0.15, -0.1) is 0 Å². The van der Waals surface area contributed by atoms with Crippen molar-refractivity contribution in [1.82, 2.24) is 4.98 Å². The zero-order valence-electron chi connectivity index (χ0n) is 8.86. The van der Waals surface area contributed by atoms with Gasteiger partial charge in [-0.1, -0.05) is 0 Å². The molecule has 0 aliphatic rings. The molecule has 0 unspecified atom stereocenters. The van der Waals surface area contributed by atoms with E-state index in [0.717, 1.165) is 6.07 Å². The molecule has 0 amide bonds. The summed E-state index contributed by atoms with van der Waals surface area (Å²) >= 11 is 0. The van der Waals surface area contributed by atoms with E-state index in [4.69, 9.17) is 4.55 Å². The summed E-state index contributed by atoms with van der Waals surface area (Å²) in [6, 6.07) is 5.04. The third-order valence-corrected chi connectivity index (χ3v) is 2.61. The Kier molecular flexibility index (Phi) is 3.57. The first-order valence-corrected chi connectivity index (χ1v) is 5.16. The van der Waals surface area contributed by atoms with Crippen LogP contribution in [0.2, 0.25) is 0 Å². The number of aromatic amines is 1. The van der Waals surface area contributed by atoms with Gasteiger partial charge in [0.25, 0.3) is 0 Å². The van der Waals surface area contributed by atoms with Crippen molar-refractivity contribution in [1.29, 1.82) is 0 Å². The van der Waals surface area contributed by atoms with Gasteiger partial charge < -0.3 is 6.41 Å². The molecule has 0 saturated carbocycles. The molecule has 0 atom stereocenters. The van der Waals surface area contributed by atoms with Gasteiger partial charge in [-0.05, 0) is 24.3 Å². The van der Waals surface area contributed by atoms with Crippen LogP contribution >= 0.6 is 0 Å². The Balaban J connectivity index is 0.00000112. The average Bonchev–Trinajstić information content (AvgIpc) is 2.45. The maximum atomic E-state index is 12.7. The summed E-state index contributed by atoms with van der Waals surface area (Å²) in [4.78, 5) is 2.40. The van der Waals surface area contributed by atoms with Crippen LogP contribution in [0.3, 0.4) is 0 Å². The van der Waals surface area contributed by atoms with Gasteiger partial charge in [0.2, 0.25) is 0 Å². The summed E-state index contributed by atoms with van der Waals surface area (Å²) in [5, 5.41) is 0.192. The van der Waals surface area contributed by atoms with Crippen molar-refractivity contribution in [2.24, 2.45) is 0 Å². The van der Waals surface area contributed by atoms with Crippen LogP contribution in [0.15, 0.2) is 29.3 Å². The number of hydrogen-bond acceptors (Lipinski definition) is 2. The number of halogens is 1. The SMILES string of the molecule is O=S(=O)(O)c1cc2ccc(F)cc2[nH]1.[H-].[Na+]. The third-order valence-electron chi connectivity index (χ3n) is 1.84. The summed E-state index contributed by atoms with van der Waals surface area (Å²) in [7, 11) is -4.26. The van der Waals surface area contributed by atoms with E-state index >= 15 is 0 Å². The predicted molar refractivity (Wildman–Crippen MR) is 49.2 cm³/mol. The molecule has 0 bridgehead atoms. The number of H-pyrrole nitrogens is 1. The minimum absolute atomic E-state index is 0. The fourth-order valence-corrected chi connectivity index (χ4v) is 1.73. The number of fused-ring (bicyclic) bond motifs is 1. The first-order valence-electron chi connectivity index (χ1n) is 3.72. The molecule has 1 heterocycles. The van der Waals surface area contributed by atoms with Crippen LogP contribution in [-0.4, -0.2) is 18.0 Å². The summed E-state index contributed by atoms with van der Waals surface area (Å²) < 4.78 is 42.9. The molecule has 2 rings (SSSR count). The molecule has 0 aliphatic heterocycles. The van der Waals surface area contributed by atoms with Gasteiger partial charge in [0.15, 0.2) is 5.03 Å². The third kappa shape index (κ3) is 2.59. The molecule has 0 spiro atoms. The fraction of sp³-hybridized carbons (Fsp3) is 0. The molecule has 76 valence electrons. The number of benzene rings is 1. The van der Waals surface area contributed by atoms with Crippen LogP contribution in [0.25, 0.3) is 10.9 Å². The summed E-state index contributed by atoms with van der Waals surface area (Å²) in [6.07, 6.45) is 0. The minimum Gasteiger partial charge on any atom is -1.00 e. The van der Waals surface area contributed by atoms with E-state index in [1.807, 2.05) is 0 Å². The molecule has 0 fully saturated rings. The smallest absolute Gasteiger partial charge is 1.00 e. The van der Waals surface area contributed by atoms with Crippen molar-refractivity contribution in [2.75, 3.05) is 0 Å². The Morgan fingerprint density at radius 3 is 2.60 bits per heavy atom. The molecule has 1 aromatic carbocycles. The molecule has 0 saturated heterocycles.